The fourth-order valence-electron chi connectivity index (χ4n) is 2.01. The molecule has 0 spiro atoms. The summed E-state index contributed by atoms with van der Waals surface area (Å²) in [4.78, 5) is 12.3. The first-order chi connectivity index (χ1) is 10.7. The predicted molar refractivity (Wildman–Crippen MR) is 78.5 cm³/mol. The molecule has 0 saturated carbocycles. The third-order valence-electron chi connectivity index (χ3n) is 3.05. The van der Waals surface area contributed by atoms with Crippen molar-refractivity contribution in [1.29, 1.82) is 0 Å². The second-order valence-corrected chi connectivity index (χ2v) is 4.30. The number of amides is 1. The maximum atomic E-state index is 12.3. The van der Waals surface area contributed by atoms with Gasteiger partial charge in [-0.25, -0.2) is 0 Å². The van der Waals surface area contributed by atoms with Gasteiger partial charge in [-0.2, -0.15) is 0 Å². The highest BCUT2D eigenvalue weighted by atomic mass is 16.5. The molecule has 1 aromatic heterocycles. The summed E-state index contributed by atoms with van der Waals surface area (Å²) in [6, 6.07) is 3.29. The van der Waals surface area contributed by atoms with Crippen LogP contribution in [-0.4, -0.2) is 48.8 Å². The van der Waals surface area contributed by atoms with Gasteiger partial charge in [-0.3, -0.25) is 9.48 Å². The van der Waals surface area contributed by atoms with Gasteiger partial charge >= 0.3 is 0 Å². The molecule has 0 saturated heterocycles. The van der Waals surface area contributed by atoms with Crippen molar-refractivity contribution in [2.45, 2.75) is 6.54 Å². The maximum absolute atomic E-state index is 12.3. The first-order valence-corrected chi connectivity index (χ1v) is 6.62. The number of rotatable bonds is 7. The van der Waals surface area contributed by atoms with E-state index in [4.69, 9.17) is 14.2 Å². The molecule has 2 rings (SSSR count). The summed E-state index contributed by atoms with van der Waals surface area (Å²) in [6.45, 7) is 0.945. The van der Waals surface area contributed by atoms with Gasteiger partial charge in [0.25, 0.3) is 5.91 Å². The van der Waals surface area contributed by atoms with Crippen LogP contribution in [0.4, 0.5) is 0 Å². The van der Waals surface area contributed by atoms with Gasteiger partial charge < -0.3 is 19.5 Å². The van der Waals surface area contributed by atoms with E-state index < -0.39 is 0 Å². The zero-order chi connectivity index (χ0) is 15.9. The number of aromatic nitrogens is 3. The van der Waals surface area contributed by atoms with Crippen LogP contribution in [-0.2, 0) is 6.54 Å². The lowest BCUT2D eigenvalue weighted by Crippen LogP contribution is -2.27. The van der Waals surface area contributed by atoms with Crippen molar-refractivity contribution < 1.29 is 19.0 Å². The molecule has 2 aromatic rings. The van der Waals surface area contributed by atoms with Gasteiger partial charge in [0.2, 0.25) is 5.75 Å². The molecule has 1 amide bonds. The minimum Gasteiger partial charge on any atom is -0.493 e. The molecule has 0 atom stereocenters. The number of carbonyl (C=O) groups is 1. The van der Waals surface area contributed by atoms with Crippen molar-refractivity contribution >= 4 is 5.91 Å². The maximum Gasteiger partial charge on any atom is 0.255 e. The summed E-state index contributed by atoms with van der Waals surface area (Å²) in [5.41, 5.74) is 0.374. The molecule has 118 valence electrons. The Morgan fingerprint density at radius 2 is 1.95 bits per heavy atom. The molecule has 8 nitrogen and oxygen atoms in total. The SMILES string of the molecule is COc1ccc(C(=O)NCCn2ccnn2)c(OC)c1OC. The Balaban J connectivity index is 2.11. The standard InChI is InChI=1S/C14H18N4O4/c1-20-11-5-4-10(12(21-2)13(11)22-3)14(19)15-6-8-18-9-7-16-17-18/h4-5,7,9H,6,8H2,1-3H3,(H,15,19). The fraction of sp³-hybridized carbons (Fsp3) is 0.357. The number of hydrogen-bond acceptors (Lipinski definition) is 6. The monoisotopic (exact) mass is 306 g/mol. The molecule has 22 heavy (non-hydrogen) atoms. The summed E-state index contributed by atoms with van der Waals surface area (Å²) in [6.07, 6.45) is 3.31. The van der Waals surface area contributed by atoms with Gasteiger partial charge in [-0.1, -0.05) is 5.21 Å². The first kappa shape index (κ1) is 15.6. The third kappa shape index (κ3) is 3.27. The highest BCUT2D eigenvalue weighted by molar-refractivity contribution is 5.98. The number of ether oxygens (including phenoxy) is 3. The summed E-state index contributed by atoms with van der Waals surface area (Å²) in [5.74, 6) is 0.950. The minimum atomic E-state index is -0.266. The fourth-order valence-corrected chi connectivity index (χ4v) is 2.01. The minimum absolute atomic E-state index is 0.266. The van der Waals surface area contributed by atoms with Crippen LogP contribution in [0.3, 0.4) is 0 Å². The summed E-state index contributed by atoms with van der Waals surface area (Å²) in [5, 5.41) is 10.3. The van der Waals surface area contributed by atoms with E-state index >= 15 is 0 Å². The van der Waals surface area contributed by atoms with Crippen LogP contribution < -0.4 is 19.5 Å². The van der Waals surface area contributed by atoms with Crippen LogP contribution in [0.5, 0.6) is 17.2 Å². The molecule has 1 N–H and O–H groups in total. The molecular formula is C14H18N4O4. The predicted octanol–water partition coefficient (Wildman–Crippen LogP) is 0.734. The van der Waals surface area contributed by atoms with Crippen LogP contribution in [0, 0.1) is 0 Å². The Morgan fingerprint density at radius 3 is 2.55 bits per heavy atom. The number of methoxy groups -OCH3 is 3. The summed E-state index contributed by atoms with van der Waals surface area (Å²) >= 11 is 0. The molecule has 0 unspecified atom stereocenters. The van der Waals surface area contributed by atoms with Crippen molar-refractivity contribution in [2.75, 3.05) is 27.9 Å². The number of hydrogen-bond donors (Lipinski definition) is 1. The van der Waals surface area contributed by atoms with Gasteiger partial charge in [0.1, 0.15) is 0 Å². The van der Waals surface area contributed by atoms with E-state index in [-0.39, 0.29) is 5.91 Å². The van der Waals surface area contributed by atoms with Gasteiger partial charge in [-0.15, -0.1) is 5.10 Å². The van der Waals surface area contributed by atoms with Gasteiger partial charge in [0, 0.05) is 12.7 Å². The zero-order valence-electron chi connectivity index (χ0n) is 12.7. The Hall–Kier alpha value is -2.77. The van der Waals surface area contributed by atoms with E-state index in [1.54, 1.807) is 29.2 Å². The lowest BCUT2D eigenvalue weighted by Gasteiger charge is -2.15. The zero-order valence-corrected chi connectivity index (χ0v) is 12.7. The van der Waals surface area contributed by atoms with Crippen LogP contribution in [0.2, 0.25) is 0 Å². The van der Waals surface area contributed by atoms with E-state index in [2.05, 4.69) is 15.6 Å². The molecule has 8 heteroatoms. The molecule has 1 aromatic carbocycles. The van der Waals surface area contributed by atoms with Crippen molar-refractivity contribution in [3.63, 3.8) is 0 Å². The summed E-state index contributed by atoms with van der Waals surface area (Å²) < 4.78 is 17.4. The van der Waals surface area contributed by atoms with Gasteiger partial charge in [0.05, 0.1) is 39.6 Å². The van der Waals surface area contributed by atoms with E-state index in [0.717, 1.165) is 0 Å². The highest BCUT2D eigenvalue weighted by Gasteiger charge is 2.20. The van der Waals surface area contributed by atoms with Crippen LogP contribution in [0.15, 0.2) is 24.5 Å². The molecule has 1 heterocycles. The van der Waals surface area contributed by atoms with Crippen LogP contribution in [0.25, 0.3) is 0 Å². The molecule has 0 aliphatic rings. The van der Waals surface area contributed by atoms with Gasteiger partial charge in [-0.05, 0) is 12.1 Å². The number of carbonyl (C=O) groups excluding carboxylic acids is 1. The lowest BCUT2D eigenvalue weighted by atomic mass is 10.1. The Morgan fingerprint density at radius 1 is 1.18 bits per heavy atom. The molecule has 0 aliphatic heterocycles. The normalized spacial score (nSPS) is 10.1. The Bertz CT molecular complexity index is 628. The van der Waals surface area contributed by atoms with E-state index in [1.807, 2.05) is 0 Å². The second-order valence-electron chi connectivity index (χ2n) is 4.30. The lowest BCUT2D eigenvalue weighted by molar-refractivity contribution is 0.0948. The molecular weight excluding hydrogens is 288 g/mol. The van der Waals surface area contributed by atoms with Crippen molar-refractivity contribution in [2.24, 2.45) is 0 Å². The number of nitrogens with one attached hydrogen (secondary N) is 1. The third-order valence-corrected chi connectivity index (χ3v) is 3.05. The molecule has 0 fully saturated rings. The summed E-state index contributed by atoms with van der Waals surface area (Å²) in [7, 11) is 4.49. The molecule has 0 aliphatic carbocycles. The van der Waals surface area contributed by atoms with E-state index in [1.165, 1.54) is 21.3 Å². The molecule has 0 bridgehead atoms. The van der Waals surface area contributed by atoms with Crippen molar-refractivity contribution in [3.8, 4) is 17.2 Å². The smallest absolute Gasteiger partial charge is 0.255 e. The van der Waals surface area contributed by atoms with Crippen molar-refractivity contribution in [1.82, 2.24) is 20.3 Å². The van der Waals surface area contributed by atoms with Gasteiger partial charge in [0.15, 0.2) is 11.5 Å². The average molecular weight is 306 g/mol. The molecule has 0 radical (unpaired) electrons. The number of nitrogens with zero attached hydrogens (tertiary/aromatic N) is 3. The van der Waals surface area contributed by atoms with Crippen LogP contribution >= 0.6 is 0 Å². The quantitative estimate of drug-likeness (QED) is 0.811. The van der Waals surface area contributed by atoms with E-state index in [0.29, 0.717) is 35.9 Å². The average Bonchev–Trinajstić information content (AvgIpc) is 3.06. The van der Waals surface area contributed by atoms with Crippen molar-refractivity contribution in [3.05, 3.63) is 30.1 Å². The second kappa shape index (κ2) is 7.30. The Kier molecular flexibility index (Phi) is 5.18. The first-order valence-electron chi connectivity index (χ1n) is 6.62. The van der Waals surface area contributed by atoms with Crippen LogP contribution in [0.1, 0.15) is 10.4 Å². The van der Waals surface area contributed by atoms with E-state index in [9.17, 15) is 4.79 Å². The topological polar surface area (TPSA) is 87.5 Å². The number of benzene rings is 1. The largest absolute Gasteiger partial charge is 0.493 e. The highest BCUT2D eigenvalue weighted by Crippen LogP contribution is 2.39. The Labute approximate surface area is 128 Å².